The standard InChI is InChI=1S/C20H26N6O2/c1-14(2)22-7-4-5-19(27)26-11-16(12-26)25(3)18-9-15(10-23-20(18)28)17-6-8-21-13-24-17/h4-6,8-10,13-14,16,22H,7,11-12H2,1-3H3,(H,23,28)/b5-4+. The number of hydrogen-bond acceptors (Lipinski definition) is 6. The van der Waals surface area contributed by atoms with Crippen molar-refractivity contribution in [3.63, 3.8) is 0 Å². The Bertz CT molecular complexity index is 887. The maximum Gasteiger partial charge on any atom is 0.271 e. The molecule has 0 saturated carbocycles. The zero-order valence-corrected chi connectivity index (χ0v) is 16.4. The number of carbonyl (C=O) groups is 1. The summed E-state index contributed by atoms with van der Waals surface area (Å²) >= 11 is 0. The van der Waals surface area contributed by atoms with Gasteiger partial charge < -0.3 is 20.1 Å². The summed E-state index contributed by atoms with van der Waals surface area (Å²) in [5.74, 6) is -0.00106. The van der Waals surface area contributed by atoms with E-state index in [-0.39, 0.29) is 17.5 Å². The SMILES string of the molecule is CC(C)NC/C=C/C(=O)N1CC(N(C)c2cc(-c3ccncn3)c[nH]c2=O)C1. The molecule has 2 N–H and O–H groups in total. The minimum atomic E-state index is -0.162. The van der Waals surface area contributed by atoms with Crippen LogP contribution in [0.25, 0.3) is 11.3 Å². The molecule has 0 unspecified atom stereocenters. The van der Waals surface area contributed by atoms with Crippen molar-refractivity contribution in [3.05, 3.63) is 53.4 Å². The summed E-state index contributed by atoms with van der Waals surface area (Å²) in [7, 11) is 1.88. The summed E-state index contributed by atoms with van der Waals surface area (Å²) in [6.45, 7) is 5.98. The molecule has 0 spiro atoms. The summed E-state index contributed by atoms with van der Waals surface area (Å²) < 4.78 is 0. The van der Waals surface area contributed by atoms with Crippen molar-refractivity contribution in [2.45, 2.75) is 25.9 Å². The first kappa shape index (κ1) is 19.8. The smallest absolute Gasteiger partial charge is 0.271 e. The van der Waals surface area contributed by atoms with Crippen molar-refractivity contribution in [2.24, 2.45) is 0 Å². The number of carbonyl (C=O) groups excluding carboxylic acids is 1. The fourth-order valence-corrected chi connectivity index (χ4v) is 2.99. The van der Waals surface area contributed by atoms with Crippen molar-refractivity contribution in [3.8, 4) is 11.3 Å². The molecule has 0 aromatic carbocycles. The highest BCUT2D eigenvalue weighted by molar-refractivity contribution is 5.88. The van der Waals surface area contributed by atoms with Gasteiger partial charge in [-0.15, -0.1) is 0 Å². The molecule has 1 aliphatic heterocycles. The molecule has 3 heterocycles. The van der Waals surface area contributed by atoms with Gasteiger partial charge in [0.15, 0.2) is 0 Å². The second-order valence-electron chi connectivity index (χ2n) is 7.17. The van der Waals surface area contributed by atoms with Crippen molar-refractivity contribution in [1.82, 2.24) is 25.2 Å². The minimum Gasteiger partial charge on any atom is -0.364 e. The number of rotatable bonds is 7. The molecular formula is C20H26N6O2. The zero-order valence-electron chi connectivity index (χ0n) is 16.4. The van der Waals surface area contributed by atoms with E-state index < -0.39 is 0 Å². The van der Waals surface area contributed by atoms with E-state index in [0.717, 1.165) is 11.3 Å². The Morgan fingerprint density at radius 3 is 2.93 bits per heavy atom. The van der Waals surface area contributed by atoms with E-state index in [1.165, 1.54) is 6.33 Å². The van der Waals surface area contributed by atoms with Crippen LogP contribution in [-0.4, -0.2) is 64.5 Å². The quantitative estimate of drug-likeness (QED) is 0.695. The summed E-state index contributed by atoms with van der Waals surface area (Å²) in [6, 6.07) is 4.11. The van der Waals surface area contributed by atoms with Crippen LogP contribution in [0.1, 0.15) is 13.8 Å². The van der Waals surface area contributed by atoms with E-state index in [9.17, 15) is 9.59 Å². The van der Waals surface area contributed by atoms with Gasteiger partial charge in [0.05, 0.1) is 11.7 Å². The fraction of sp³-hybridized carbons (Fsp3) is 0.400. The monoisotopic (exact) mass is 382 g/mol. The Morgan fingerprint density at radius 2 is 2.25 bits per heavy atom. The van der Waals surface area contributed by atoms with Gasteiger partial charge in [0.2, 0.25) is 5.91 Å². The van der Waals surface area contributed by atoms with E-state index in [1.807, 2.05) is 24.1 Å². The highest BCUT2D eigenvalue weighted by Crippen LogP contribution is 2.22. The molecule has 0 bridgehead atoms. The molecule has 1 amide bonds. The Balaban J connectivity index is 1.61. The number of aromatic amines is 1. The number of hydrogen-bond donors (Lipinski definition) is 2. The van der Waals surface area contributed by atoms with Gasteiger partial charge in [-0.2, -0.15) is 0 Å². The van der Waals surface area contributed by atoms with Crippen LogP contribution in [0.5, 0.6) is 0 Å². The van der Waals surface area contributed by atoms with Crippen LogP contribution in [-0.2, 0) is 4.79 Å². The average Bonchev–Trinajstić information content (AvgIpc) is 2.65. The molecule has 2 aromatic rings. The molecular weight excluding hydrogens is 356 g/mol. The van der Waals surface area contributed by atoms with Gasteiger partial charge in [-0.25, -0.2) is 9.97 Å². The third kappa shape index (κ3) is 4.64. The fourth-order valence-electron chi connectivity index (χ4n) is 2.99. The number of anilines is 1. The van der Waals surface area contributed by atoms with E-state index in [2.05, 4.69) is 34.1 Å². The highest BCUT2D eigenvalue weighted by atomic mass is 16.2. The summed E-state index contributed by atoms with van der Waals surface area (Å²) in [5.41, 5.74) is 1.96. The lowest BCUT2D eigenvalue weighted by Crippen LogP contribution is -2.60. The number of likely N-dealkylation sites (tertiary alicyclic amines) is 1. The Kier molecular flexibility index (Phi) is 6.20. The van der Waals surface area contributed by atoms with Crippen molar-refractivity contribution in [1.29, 1.82) is 0 Å². The average molecular weight is 382 g/mol. The first-order valence-corrected chi connectivity index (χ1v) is 9.36. The second-order valence-corrected chi connectivity index (χ2v) is 7.17. The number of nitrogens with one attached hydrogen (secondary N) is 2. The minimum absolute atomic E-state index is 0.00106. The molecule has 1 aliphatic rings. The van der Waals surface area contributed by atoms with Gasteiger partial charge >= 0.3 is 0 Å². The second kappa shape index (κ2) is 8.79. The predicted molar refractivity (Wildman–Crippen MR) is 109 cm³/mol. The molecule has 1 fully saturated rings. The maximum atomic E-state index is 12.3. The lowest BCUT2D eigenvalue weighted by molar-refractivity contribution is -0.130. The molecule has 0 atom stereocenters. The summed E-state index contributed by atoms with van der Waals surface area (Å²) in [5, 5.41) is 3.24. The first-order valence-electron chi connectivity index (χ1n) is 9.36. The largest absolute Gasteiger partial charge is 0.364 e. The third-order valence-corrected chi connectivity index (χ3v) is 4.77. The number of pyridine rings is 1. The van der Waals surface area contributed by atoms with Crippen molar-refractivity contribution >= 4 is 11.6 Å². The van der Waals surface area contributed by atoms with Gasteiger partial charge in [-0.05, 0) is 12.1 Å². The van der Waals surface area contributed by atoms with Gasteiger partial charge in [0, 0.05) is 56.8 Å². The Labute approximate surface area is 164 Å². The molecule has 1 saturated heterocycles. The number of H-pyrrole nitrogens is 1. The zero-order chi connectivity index (χ0) is 20.1. The highest BCUT2D eigenvalue weighted by Gasteiger charge is 2.33. The van der Waals surface area contributed by atoms with Crippen molar-refractivity contribution in [2.75, 3.05) is 31.6 Å². The maximum absolute atomic E-state index is 12.3. The van der Waals surface area contributed by atoms with Crippen LogP contribution < -0.4 is 15.8 Å². The van der Waals surface area contributed by atoms with Crippen LogP contribution >= 0.6 is 0 Å². The number of likely N-dealkylation sites (N-methyl/N-ethyl adjacent to an activating group) is 1. The Hall–Kier alpha value is -3.00. The lowest BCUT2D eigenvalue weighted by Gasteiger charge is -2.44. The molecule has 2 aromatic heterocycles. The van der Waals surface area contributed by atoms with Crippen LogP contribution in [0.15, 0.2) is 47.8 Å². The van der Waals surface area contributed by atoms with E-state index >= 15 is 0 Å². The first-order chi connectivity index (χ1) is 13.5. The molecule has 0 aliphatic carbocycles. The lowest BCUT2D eigenvalue weighted by atomic mass is 10.1. The number of nitrogens with zero attached hydrogens (tertiary/aromatic N) is 4. The predicted octanol–water partition coefficient (Wildman–Crippen LogP) is 1.03. The van der Waals surface area contributed by atoms with E-state index in [4.69, 9.17) is 0 Å². The number of aromatic nitrogens is 3. The van der Waals surface area contributed by atoms with Crippen LogP contribution in [0.2, 0.25) is 0 Å². The molecule has 8 nitrogen and oxygen atoms in total. The molecule has 28 heavy (non-hydrogen) atoms. The number of amides is 1. The van der Waals surface area contributed by atoms with Gasteiger partial charge in [-0.1, -0.05) is 19.9 Å². The summed E-state index contributed by atoms with van der Waals surface area (Å²) in [6.07, 6.45) is 8.23. The molecule has 8 heteroatoms. The van der Waals surface area contributed by atoms with E-state index in [0.29, 0.717) is 31.4 Å². The normalized spacial score (nSPS) is 14.5. The molecule has 148 valence electrons. The van der Waals surface area contributed by atoms with Gasteiger partial charge in [-0.3, -0.25) is 9.59 Å². The van der Waals surface area contributed by atoms with Crippen LogP contribution in [0.4, 0.5) is 5.69 Å². The van der Waals surface area contributed by atoms with E-state index in [1.54, 1.807) is 29.4 Å². The molecule has 3 rings (SSSR count). The molecule has 0 radical (unpaired) electrons. The van der Waals surface area contributed by atoms with Crippen LogP contribution in [0.3, 0.4) is 0 Å². The van der Waals surface area contributed by atoms with Crippen molar-refractivity contribution < 1.29 is 4.79 Å². The summed E-state index contributed by atoms with van der Waals surface area (Å²) in [4.78, 5) is 39.1. The van der Waals surface area contributed by atoms with Gasteiger partial charge in [0.1, 0.15) is 12.0 Å². The topological polar surface area (TPSA) is 94.2 Å². The van der Waals surface area contributed by atoms with Gasteiger partial charge in [0.25, 0.3) is 5.56 Å². The van der Waals surface area contributed by atoms with Crippen LogP contribution in [0, 0.1) is 0 Å². The third-order valence-electron chi connectivity index (χ3n) is 4.77. The Morgan fingerprint density at radius 1 is 1.46 bits per heavy atom.